The first-order chi connectivity index (χ1) is 8.06. The smallest absolute Gasteiger partial charge is 0.00793 e. The Hall–Kier alpha value is -0.120. The monoisotopic (exact) mass is 243 g/mol. The van der Waals surface area contributed by atoms with Crippen molar-refractivity contribution in [3.05, 3.63) is 0 Å². The first kappa shape index (κ1) is 16.9. The highest BCUT2D eigenvalue weighted by atomic mass is 15.0. The highest BCUT2D eigenvalue weighted by Crippen LogP contribution is 2.11. The van der Waals surface area contributed by atoms with Gasteiger partial charge < -0.3 is 16.0 Å². The third-order valence-electron chi connectivity index (χ3n) is 3.15. The topological polar surface area (TPSA) is 36.1 Å². The Bertz CT molecular complexity index is 160. The minimum Gasteiger partial charge on any atom is -0.320 e. The molecule has 0 aromatic carbocycles. The van der Waals surface area contributed by atoms with Crippen molar-refractivity contribution in [1.82, 2.24) is 16.0 Å². The van der Waals surface area contributed by atoms with Crippen molar-refractivity contribution in [2.75, 3.05) is 26.7 Å². The van der Waals surface area contributed by atoms with E-state index in [2.05, 4.69) is 43.6 Å². The van der Waals surface area contributed by atoms with Gasteiger partial charge in [0, 0.05) is 25.2 Å². The van der Waals surface area contributed by atoms with Gasteiger partial charge in [0.05, 0.1) is 0 Å². The Kier molecular flexibility index (Phi) is 10.9. The lowest BCUT2D eigenvalue weighted by atomic mass is 9.99. The molecule has 2 unspecified atom stereocenters. The summed E-state index contributed by atoms with van der Waals surface area (Å²) in [6.07, 6.45) is 3.90. The molecule has 3 N–H and O–H groups in total. The lowest BCUT2D eigenvalue weighted by molar-refractivity contribution is 0.410. The minimum absolute atomic E-state index is 0.591. The highest BCUT2D eigenvalue weighted by molar-refractivity contribution is 4.65. The zero-order chi connectivity index (χ0) is 13.1. The fourth-order valence-electron chi connectivity index (χ4n) is 1.85. The number of hydrogen-bond donors (Lipinski definition) is 3. The predicted molar refractivity (Wildman–Crippen MR) is 77.5 cm³/mol. The minimum atomic E-state index is 0.591. The van der Waals surface area contributed by atoms with Gasteiger partial charge in [-0.25, -0.2) is 0 Å². The van der Waals surface area contributed by atoms with Crippen molar-refractivity contribution in [2.45, 2.75) is 59.0 Å². The van der Waals surface area contributed by atoms with E-state index >= 15 is 0 Å². The molecule has 0 aliphatic rings. The molecular formula is C14H33N3. The summed E-state index contributed by atoms with van der Waals surface area (Å²) < 4.78 is 0. The van der Waals surface area contributed by atoms with Crippen LogP contribution in [0, 0.1) is 5.92 Å². The summed E-state index contributed by atoms with van der Waals surface area (Å²) in [5.74, 6) is 0.834. The summed E-state index contributed by atoms with van der Waals surface area (Å²) in [6, 6.07) is 1.23. The molecule has 3 nitrogen and oxygen atoms in total. The zero-order valence-corrected chi connectivity index (χ0v) is 12.5. The fourth-order valence-corrected chi connectivity index (χ4v) is 1.85. The molecule has 0 aliphatic carbocycles. The molecule has 0 saturated heterocycles. The largest absolute Gasteiger partial charge is 0.320 e. The van der Waals surface area contributed by atoms with E-state index in [9.17, 15) is 0 Å². The number of nitrogens with one attached hydrogen (secondary N) is 3. The van der Waals surface area contributed by atoms with E-state index in [0.29, 0.717) is 12.1 Å². The van der Waals surface area contributed by atoms with Crippen LogP contribution in [0.5, 0.6) is 0 Å². The van der Waals surface area contributed by atoms with E-state index < -0.39 is 0 Å². The molecule has 0 aromatic rings. The van der Waals surface area contributed by atoms with Crippen molar-refractivity contribution in [2.24, 2.45) is 5.92 Å². The van der Waals surface area contributed by atoms with Crippen LogP contribution in [0.15, 0.2) is 0 Å². The van der Waals surface area contributed by atoms with Crippen molar-refractivity contribution in [3.63, 3.8) is 0 Å². The lowest BCUT2D eigenvalue weighted by Gasteiger charge is -2.17. The van der Waals surface area contributed by atoms with Crippen LogP contribution in [-0.4, -0.2) is 38.8 Å². The van der Waals surface area contributed by atoms with Gasteiger partial charge in [-0.05, 0) is 45.7 Å². The van der Waals surface area contributed by atoms with Gasteiger partial charge in [0.2, 0.25) is 0 Å². The molecule has 3 heteroatoms. The first-order valence-corrected chi connectivity index (χ1v) is 7.17. The summed E-state index contributed by atoms with van der Waals surface area (Å²) in [4.78, 5) is 0. The maximum atomic E-state index is 3.57. The maximum Gasteiger partial charge on any atom is 0.00793 e. The molecule has 0 bridgehead atoms. The van der Waals surface area contributed by atoms with Crippen molar-refractivity contribution >= 4 is 0 Å². The zero-order valence-electron chi connectivity index (χ0n) is 12.5. The molecule has 0 fully saturated rings. The second-order valence-corrected chi connectivity index (χ2v) is 5.54. The average Bonchev–Trinajstić information content (AvgIpc) is 2.29. The second-order valence-electron chi connectivity index (χ2n) is 5.54. The van der Waals surface area contributed by atoms with Crippen molar-refractivity contribution in [3.8, 4) is 0 Å². The molecule has 0 radical (unpaired) electrons. The molecule has 2 atom stereocenters. The van der Waals surface area contributed by atoms with Crippen LogP contribution in [0.1, 0.15) is 47.0 Å². The maximum absolute atomic E-state index is 3.57. The molecular weight excluding hydrogens is 210 g/mol. The molecule has 0 amide bonds. The van der Waals surface area contributed by atoms with Gasteiger partial charge in [0.15, 0.2) is 0 Å². The summed E-state index contributed by atoms with van der Waals surface area (Å²) in [6.45, 7) is 12.3. The summed E-state index contributed by atoms with van der Waals surface area (Å²) >= 11 is 0. The molecule has 0 spiro atoms. The average molecular weight is 243 g/mol. The van der Waals surface area contributed by atoms with Gasteiger partial charge in [0.1, 0.15) is 0 Å². The lowest BCUT2D eigenvalue weighted by Crippen LogP contribution is -2.35. The molecule has 104 valence electrons. The molecule has 0 aliphatic heterocycles. The van der Waals surface area contributed by atoms with Gasteiger partial charge in [-0.15, -0.1) is 0 Å². The SMILES string of the molecule is CNCCC(C)CCC(C)NCCNC(C)C. The summed E-state index contributed by atoms with van der Waals surface area (Å²) in [5, 5.41) is 10.2. The third-order valence-corrected chi connectivity index (χ3v) is 3.15. The van der Waals surface area contributed by atoms with Gasteiger partial charge in [-0.3, -0.25) is 0 Å². The van der Waals surface area contributed by atoms with Crippen LogP contribution < -0.4 is 16.0 Å². The Labute approximate surface area is 108 Å². The van der Waals surface area contributed by atoms with Gasteiger partial charge >= 0.3 is 0 Å². The molecule has 0 aromatic heterocycles. The van der Waals surface area contributed by atoms with Gasteiger partial charge in [-0.2, -0.15) is 0 Å². The van der Waals surface area contributed by atoms with Gasteiger partial charge in [-0.1, -0.05) is 20.8 Å². The number of rotatable bonds is 11. The molecule has 17 heavy (non-hydrogen) atoms. The Morgan fingerprint density at radius 2 is 1.41 bits per heavy atom. The summed E-state index contributed by atoms with van der Waals surface area (Å²) in [7, 11) is 2.03. The Morgan fingerprint density at radius 1 is 0.765 bits per heavy atom. The summed E-state index contributed by atoms with van der Waals surface area (Å²) in [5.41, 5.74) is 0. The van der Waals surface area contributed by atoms with Crippen LogP contribution in [0.25, 0.3) is 0 Å². The quantitative estimate of drug-likeness (QED) is 0.486. The van der Waals surface area contributed by atoms with E-state index in [1.54, 1.807) is 0 Å². The van der Waals surface area contributed by atoms with Crippen molar-refractivity contribution in [1.29, 1.82) is 0 Å². The predicted octanol–water partition coefficient (Wildman–Crippen LogP) is 1.99. The fraction of sp³-hybridized carbons (Fsp3) is 1.00. The van der Waals surface area contributed by atoms with E-state index in [0.717, 1.165) is 25.6 Å². The Balaban J connectivity index is 3.36. The van der Waals surface area contributed by atoms with Crippen LogP contribution in [0.3, 0.4) is 0 Å². The van der Waals surface area contributed by atoms with Crippen molar-refractivity contribution < 1.29 is 0 Å². The molecule has 0 heterocycles. The normalized spacial score (nSPS) is 15.2. The van der Waals surface area contributed by atoms with Crippen LogP contribution in [-0.2, 0) is 0 Å². The Morgan fingerprint density at radius 3 is 2.00 bits per heavy atom. The standard InChI is InChI=1S/C14H33N3/c1-12(2)16-10-11-17-14(4)7-6-13(3)8-9-15-5/h12-17H,6-11H2,1-5H3. The van der Waals surface area contributed by atoms with Gasteiger partial charge in [0.25, 0.3) is 0 Å². The highest BCUT2D eigenvalue weighted by Gasteiger charge is 2.05. The van der Waals surface area contributed by atoms with E-state index in [-0.39, 0.29) is 0 Å². The third kappa shape index (κ3) is 12.1. The van der Waals surface area contributed by atoms with E-state index in [4.69, 9.17) is 0 Å². The van der Waals surface area contributed by atoms with E-state index in [1.165, 1.54) is 19.3 Å². The van der Waals surface area contributed by atoms with E-state index in [1.807, 2.05) is 7.05 Å². The second kappa shape index (κ2) is 11.0. The van der Waals surface area contributed by atoms with Crippen LogP contribution in [0.4, 0.5) is 0 Å². The number of hydrogen-bond acceptors (Lipinski definition) is 3. The first-order valence-electron chi connectivity index (χ1n) is 7.17. The van der Waals surface area contributed by atoms with Crippen LogP contribution in [0.2, 0.25) is 0 Å². The molecule has 0 rings (SSSR count). The van der Waals surface area contributed by atoms with Crippen LogP contribution >= 0.6 is 0 Å². The molecule has 0 saturated carbocycles.